The Morgan fingerprint density at radius 3 is 2.08 bits per heavy atom. The third-order valence-electron chi connectivity index (χ3n) is 6.78. The highest BCUT2D eigenvalue weighted by molar-refractivity contribution is 5.78. The van der Waals surface area contributed by atoms with Crippen LogP contribution in [0, 0.1) is 5.92 Å². The summed E-state index contributed by atoms with van der Waals surface area (Å²) >= 11 is 0. The number of hydrogen-bond donors (Lipinski definition) is 2. The topological polar surface area (TPSA) is 68.8 Å². The van der Waals surface area contributed by atoms with Crippen LogP contribution in [0.1, 0.15) is 112 Å². The zero-order chi connectivity index (χ0) is 27.1. The smallest absolute Gasteiger partial charge is 0.223 e. The molecule has 36 heavy (non-hydrogen) atoms. The average molecular weight is 519 g/mol. The molecule has 3 unspecified atom stereocenters. The Morgan fingerprint density at radius 1 is 0.806 bits per heavy atom. The zero-order valence-corrected chi connectivity index (χ0v) is 24.5. The fourth-order valence-electron chi connectivity index (χ4n) is 4.18. The van der Waals surface area contributed by atoms with Crippen LogP contribution < -0.4 is 10.6 Å². The van der Waals surface area contributed by atoms with Gasteiger partial charge in [-0.2, -0.15) is 0 Å². The number of halogens is 1. The second-order valence-corrected chi connectivity index (χ2v) is 10.4. The van der Waals surface area contributed by atoms with Crippen molar-refractivity contribution >= 4 is 5.91 Å². The number of alkyl halides is 1. The van der Waals surface area contributed by atoms with Crippen molar-refractivity contribution in [1.29, 1.82) is 0 Å². The number of unbranched alkanes of at least 4 members (excludes halogenated alkanes) is 4. The summed E-state index contributed by atoms with van der Waals surface area (Å²) in [6, 6.07) is 0.597. The normalized spacial score (nSPS) is 14.5. The lowest BCUT2D eigenvalue weighted by molar-refractivity contribution is -0.127. The van der Waals surface area contributed by atoms with Crippen LogP contribution in [0.4, 0.5) is 4.39 Å². The number of nitrogens with one attached hydrogen (secondary N) is 2. The van der Waals surface area contributed by atoms with Crippen LogP contribution in [0.15, 0.2) is 0 Å². The van der Waals surface area contributed by atoms with E-state index in [0.717, 1.165) is 25.8 Å². The summed E-state index contributed by atoms with van der Waals surface area (Å²) in [6.45, 7) is 15.2. The molecule has 0 radical (unpaired) electrons. The van der Waals surface area contributed by atoms with E-state index in [-0.39, 0.29) is 18.4 Å². The van der Waals surface area contributed by atoms with Crippen LogP contribution in [0.25, 0.3) is 0 Å². The van der Waals surface area contributed by atoms with Gasteiger partial charge in [0.2, 0.25) is 5.91 Å². The van der Waals surface area contributed by atoms with Gasteiger partial charge in [-0.25, -0.2) is 4.39 Å². The molecule has 1 amide bonds. The number of rotatable bonds is 26. The molecule has 3 atom stereocenters. The monoisotopic (exact) mass is 518 g/mol. The second-order valence-electron chi connectivity index (χ2n) is 10.4. The van der Waals surface area contributed by atoms with E-state index in [9.17, 15) is 9.18 Å². The van der Waals surface area contributed by atoms with Crippen molar-refractivity contribution in [2.45, 2.75) is 130 Å². The minimum Gasteiger partial charge on any atom is -0.378 e. The predicted molar refractivity (Wildman–Crippen MR) is 148 cm³/mol. The van der Waals surface area contributed by atoms with Crippen molar-refractivity contribution in [3.05, 3.63) is 0 Å². The lowest BCUT2D eigenvalue weighted by atomic mass is 9.99. The molecule has 0 aliphatic carbocycles. The molecule has 0 aromatic heterocycles. The van der Waals surface area contributed by atoms with E-state index in [1.807, 2.05) is 6.92 Å². The van der Waals surface area contributed by atoms with Gasteiger partial charge in [0.15, 0.2) is 0 Å². The molecule has 0 saturated heterocycles. The number of carbonyl (C=O) groups excluding carboxylic acids is 1. The quantitative estimate of drug-likeness (QED) is 0.133. The molecule has 216 valence electrons. The first kappa shape index (κ1) is 35.2. The van der Waals surface area contributed by atoms with E-state index in [1.165, 1.54) is 51.4 Å². The molecule has 0 aromatic rings. The van der Waals surface area contributed by atoms with Gasteiger partial charge in [-0.05, 0) is 39.5 Å². The Morgan fingerprint density at radius 2 is 1.44 bits per heavy atom. The van der Waals surface area contributed by atoms with Gasteiger partial charge < -0.3 is 24.8 Å². The maximum absolute atomic E-state index is 14.7. The van der Waals surface area contributed by atoms with Crippen molar-refractivity contribution in [1.82, 2.24) is 10.6 Å². The van der Waals surface area contributed by atoms with Crippen LogP contribution in [0.5, 0.6) is 0 Å². The fraction of sp³-hybridized carbons (Fsp3) is 0.966. The molecule has 0 saturated carbocycles. The van der Waals surface area contributed by atoms with Gasteiger partial charge >= 0.3 is 0 Å². The summed E-state index contributed by atoms with van der Waals surface area (Å²) in [5.74, 6) is -0.115. The van der Waals surface area contributed by atoms with E-state index in [4.69, 9.17) is 14.2 Å². The number of carbonyl (C=O) groups is 1. The summed E-state index contributed by atoms with van der Waals surface area (Å²) in [5, 5.41) is 6.40. The highest BCUT2D eigenvalue weighted by Crippen LogP contribution is 2.18. The summed E-state index contributed by atoms with van der Waals surface area (Å²) in [6.07, 6.45) is 11.5. The van der Waals surface area contributed by atoms with Gasteiger partial charge in [-0.15, -0.1) is 0 Å². The average Bonchev–Trinajstić information content (AvgIpc) is 2.86. The first-order valence-corrected chi connectivity index (χ1v) is 14.8. The van der Waals surface area contributed by atoms with Crippen LogP contribution in [-0.2, 0) is 19.0 Å². The van der Waals surface area contributed by atoms with Crippen LogP contribution in [0.2, 0.25) is 0 Å². The lowest BCUT2D eigenvalue weighted by Gasteiger charge is -2.29. The Balaban J connectivity index is 3.88. The Labute approximate surface area is 222 Å². The van der Waals surface area contributed by atoms with Gasteiger partial charge in [-0.3, -0.25) is 4.79 Å². The van der Waals surface area contributed by atoms with E-state index in [1.54, 1.807) is 13.8 Å². The molecule has 0 heterocycles. The largest absolute Gasteiger partial charge is 0.378 e. The fourth-order valence-corrected chi connectivity index (χ4v) is 4.18. The summed E-state index contributed by atoms with van der Waals surface area (Å²) in [7, 11) is 0. The minimum atomic E-state index is -1.29. The van der Waals surface area contributed by atoms with Crippen molar-refractivity contribution < 1.29 is 23.4 Å². The van der Waals surface area contributed by atoms with E-state index < -0.39 is 11.8 Å². The summed E-state index contributed by atoms with van der Waals surface area (Å²) in [4.78, 5) is 12.2. The first-order chi connectivity index (χ1) is 17.3. The molecule has 2 N–H and O–H groups in total. The molecule has 0 aliphatic heterocycles. The SMILES string of the molecule is CCCCCCC(CCCC)NCCOCCOCCOC(C)(C)C(F)CNC(=O)C(CC)CCC. The molecule has 6 nitrogen and oxygen atoms in total. The summed E-state index contributed by atoms with van der Waals surface area (Å²) < 4.78 is 31.6. The van der Waals surface area contributed by atoms with Gasteiger partial charge in [0.1, 0.15) is 6.17 Å². The molecule has 0 rings (SSSR count). The van der Waals surface area contributed by atoms with Gasteiger partial charge in [0.25, 0.3) is 0 Å². The van der Waals surface area contributed by atoms with Crippen molar-refractivity contribution in [2.24, 2.45) is 5.92 Å². The predicted octanol–water partition coefficient (Wildman–Crippen LogP) is 6.21. The molecule has 7 heteroatoms. The third kappa shape index (κ3) is 18.5. The molecule has 0 spiro atoms. The standard InChI is InChI=1S/C29H59FN2O4/c1-7-11-13-14-17-26(16-12-8-2)31-18-19-34-20-21-35-22-23-36-29(5,6)27(30)24-32-28(33)25(10-4)15-9-3/h25-27,31H,7-24H2,1-6H3,(H,32,33). The molecule has 0 aliphatic rings. The molecular formula is C29H59FN2O4. The molecule has 0 bridgehead atoms. The van der Waals surface area contributed by atoms with Crippen molar-refractivity contribution in [3.63, 3.8) is 0 Å². The van der Waals surface area contributed by atoms with Crippen LogP contribution in [-0.4, -0.2) is 69.8 Å². The Kier molecular flexibility index (Phi) is 22.9. The third-order valence-corrected chi connectivity index (χ3v) is 6.78. The second kappa shape index (κ2) is 23.4. The zero-order valence-electron chi connectivity index (χ0n) is 24.5. The maximum Gasteiger partial charge on any atom is 0.223 e. The first-order valence-electron chi connectivity index (χ1n) is 14.8. The summed E-state index contributed by atoms with van der Waals surface area (Å²) in [5.41, 5.74) is -0.990. The molecule has 0 aromatic carbocycles. The molecule has 0 fully saturated rings. The van der Waals surface area contributed by atoms with E-state index in [2.05, 4.69) is 31.4 Å². The van der Waals surface area contributed by atoms with Gasteiger partial charge in [0.05, 0.1) is 45.2 Å². The van der Waals surface area contributed by atoms with Crippen molar-refractivity contribution in [3.8, 4) is 0 Å². The highest BCUT2D eigenvalue weighted by Gasteiger charge is 2.31. The van der Waals surface area contributed by atoms with Crippen molar-refractivity contribution in [2.75, 3.05) is 46.1 Å². The number of hydrogen-bond acceptors (Lipinski definition) is 5. The van der Waals surface area contributed by atoms with E-state index >= 15 is 0 Å². The number of ether oxygens (including phenoxy) is 3. The highest BCUT2D eigenvalue weighted by atomic mass is 19.1. The lowest BCUT2D eigenvalue weighted by Crippen LogP contribution is -2.45. The molecular weight excluding hydrogens is 459 g/mol. The van der Waals surface area contributed by atoms with Crippen LogP contribution >= 0.6 is 0 Å². The Bertz CT molecular complexity index is 508. The number of amides is 1. The van der Waals surface area contributed by atoms with Crippen LogP contribution in [0.3, 0.4) is 0 Å². The Hall–Kier alpha value is -0.760. The maximum atomic E-state index is 14.7. The van der Waals surface area contributed by atoms with E-state index in [0.29, 0.717) is 39.1 Å². The van der Waals surface area contributed by atoms with Gasteiger partial charge in [-0.1, -0.05) is 72.6 Å². The minimum absolute atomic E-state index is 0.0349. The van der Waals surface area contributed by atoms with Gasteiger partial charge in [0, 0.05) is 18.5 Å².